The van der Waals surface area contributed by atoms with Gasteiger partial charge in [0.15, 0.2) is 0 Å². The van der Waals surface area contributed by atoms with Gasteiger partial charge in [-0.25, -0.2) is 0 Å². The number of hydrogen-bond donors (Lipinski definition) is 2. The van der Waals surface area contributed by atoms with Crippen LogP contribution in [-0.2, 0) is 4.79 Å². The molecule has 25 heavy (non-hydrogen) atoms. The molecule has 0 saturated carbocycles. The van der Waals surface area contributed by atoms with Crippen molar-refractivity contribution in [1.29, 1.82) is 0 Å². The molecule has 2 N–H and O–H groups in total. The van der Waals surface area contributed by atoms with Gasteiger partial charge in [-0.05, 0) is 38.5 Å². The first-order chi connectivity index (χ1) is 12.2. The zero-order chi connectivity index (χ0) is 18.6. The molecule has 3 nitrogen and oxygen atoms in total. The van der Waals surface area contributed by atoms with Crippen LogP contribution < -0.4 is 5.32 Å². The molecule has 0 spiro atoms. The summed E-state index contributed by atoms with van der Waals surface area (Å²) in [5, 5.41) is 11.9. The monoisotopic (exact) mass is 353 g/mol. The average Bonchev–Trinajstić information content (AvgIpc) is 2.62. The van der Waals surface area contributed by atoms with E-state index in [1.807, 2.05) is 6.92 Å². The van der Waals surface area contributed by atoms with Crippen molar-refractivity contribution < 1.29 is 9.90 Å². The lowest BCUT2D eigenvalue weighted by atomic mass is 10.1. The van der Waals surface area contributed by atoms with E-state index in [2.05, 4.69) is 24.4 Å². The molecule has 148 valence electrons. The van der Waals surface area contributed by atoms with Crippen LogP contribution >= 0.6 is 0 Å². The topological polar surface area (TPSA) is 49.3 Å². The van der Waals surface area contributed by atoms with Crippen molar-refractivity contribution in [1.82, 2.24) is 5.32 Å². The Labute approximate surface area is 156 Å². The molecule has 0 radical (unpaired) electrons. The fraction of sp³-hybridized carbons (Fsp3) is 0.864. The molecule has 1 amide bonds. The zero-order valence-corrected chi connectivity index (χ0v) is 16.9. The number of amides is 1. The molecule has 0 aliphatic carbocycles. The molecule has 0 rings (SSSR count). The van der Waals surface area contributed by atoms with Crippen LogP contribution in [0, 0.1) is 0 Å². The number of rotatable bonds is 18. The fourth-order valence-electron chi connectivity index (χ4n) is 2.93. The Morgan fingerprint density at radius 3 is 1.88 bits per heavy atom. The number of allylic oxidation sites excluding steroid dienone is 2. The third-order valence-corrected chi connectivity index (χ3v) is 4.74. The summed E-state index contributed by atoms with van der Waals surface area (Å²) in [6.45, 7) is 4.28. The van der Waals surface area contributed by atoms with Crippen molar-refractivity contribution in [3.05, 3.63) is 12.2 Å². The third-order valence-electron chi connectivity index (χ3n) is 4.74. The van der Waals surface area contributed by atoms with Gasteiger partial charge < -0.3 is 10.4 Å². The Hall–Kier alpha value is -0.830. The number of carbonyl (C=O) groups excluding carboxylic acids is 1. The third kappa shape index (κ3) is 17.8. The number of nitrogens with one attached hydrogen (secondary N) is 1. The average molecular weight is 354 g/mol. The molecule has 0 aromatic heterocycles. The van der Waals surface area contributed by atoms with Gasteiger partial charge in [0.2, 0.25) is 5.91 Å². The predicted octanol–water partition coefficient (Wildman–Crippen LogP) is 5.91. The van der Waals surface area contributed by atoms with Crippen LogP contribution in [0.15, 0.2) is 12.2 Å². The summed E-state index contributed by atoms with van der Waals surface area (Å²) in [7, 11) is 0. The van der Waals surface area contributed by atoms with E-state index in [1.165, 1.54) is 70.6 Å². The van der Waals surface area contributed by atoms with E-state index in [9.17, 15) is 4.79 Å². The van der Waals surface area contributed by atoms with Crippen molar-refractivity contribution in [2.75, 3.05) is 6.61 Å². The van der Waals surface area contributed by atoms with Crippen LogP contribution in [0.1, 0.15) is 110 Å². The summed E-state index contributed by atoms with van der Waals surface area (Å²) >= 11 is 0. The van der Waals surface area contributed by atoms with Crippen LogP contribution in [0.25, 0.3) is 0 Å². The summed E-state index contributed by atoms with van der Waals surface area (Å²) in [4.78, 5) is 11.7. The van der Waals surface area contributed by atoms with Gasteiger partial charge in [0.05, 0.1) is 12.6 Å². The van der Waals surface area contributed by atoms with E-state index >= 15 is 0 Å². The van der Waals surface area contributed by atoms with Crippen molar-refractivity contribution in [3.63, 3.8) is 0 Å². The lowest BCUT2D eigenvalue weighted by Crippen LogP contribution is -2.36. The van der Waals surface area contributed by atoms with Crippen molar-refractivity contribution >= 4 is 5.91 Å². The Morgan fingerprint density at radius 2 is 1.36 bits per heavy atom. The largest absolute Gasteiger partial charge is 0.394 e. The van der Waals surface area contributed by atoms with Gasteiger partial charge in [-0.15, -0.1) is 0 Å². The van der Waals surface area contributed by atoms with Gasteiger partial charge in [-0.1, -0.05) is 77.4 Å². The Balaban J connectivity index is 3.28. The summed E-state index contributed by atoms with van der Waals surface area (Å²) in [6, 6.07) is -0.0735. The van der Waals surface area contributed by atoms with E-state index in [4.69, 9.17) is 5.11 Å². The summed E-state index contributed by atoms with van der Waals surface area (Å²) in [5.41, 5.74) is 0. The molecular weight excluding hydrogens is 310 g/mol. The predicted molar refractivity (Wildman–Crippen MR) is 109 cm³/mol. The molecule has 3 heteroatoms. The lowest BCUT2D eigenvalue weighted by molar-refractivity contribution is -0.122. The summed E-state index contributed by atoms with van der Waals surface area (Å²) < 4.78 is 0. The van der Waals surface area contributed by atoms with E-state index in [1.54, 1.807) is 0 Å². The number of hydrogen-bond acceptors (Lipinski definition) is 2. The van der Waals surface area contributed by atoms with Crippen LogP contribution in [0.2, 0.25) is 0 Å². The second-order valence-electron chi connectivity index (χ2n) is 7.19. The molecule has 0 heterocycles. The maximum absolute atomic E-state index is 11.7. The molecule has 0 aliphatic rings. The number of aliphatic hydroxyl groups is 1. The van der Waals surface area contributed by atoms with Crippen LogP contribution in [0.4, 0.5) is 0 Å². The maximum atomic E-state index is 11.7. The quantitative estimate of drug-likeness (QED) is 0.238. The SMILES string of the molecule is CCCCCCCC/C=C\CCCCCCCC(=O)NC(CC)CO. The highest BCUT2D eigenvalue weighted by Crippen LogP contribution is 2.10. The summed E-state index contributed by atoms with van der Waals surface area (Å²) in [5.74, 6) is 0.0820. The first kappa shape index (κ1) is 24.2. The molecule has 1 unspecified atom stereocenters. The molecule has 0 aromatic rings. The van der Waals surface area contributed by atoms with Gasteiger partial charge in [0.1, 0.15) is 0 Å². The van der Waals surface area contributed by atoms with Gasteiger partial charge in [-0.2, -0.15) is 0 Å². The molecule has 1 atom stereocenters. The van der Waals surface area contributed by atoms with Gasteiger partial charge in [-0.3, -0.25) is 4.79 Å². The molecule has 0 bridgehead atoms. The van der Waals surface area contributed by atoms with Gasteiger partial charge >= 0.3 is 0 Å². The standard InChI is InChI=1S/C22H43NO2/c1-3-5-6-7-8-9-10-11-12-13-14-15-16-17-18-19-22(25)23-21(4-2)20-24/h11-12,21,24H,3-10,13-20H2,1-2H3,(H,23,25)/b12-11-. The second-order valence-corrected chi connectivity index (χ2v) is 7.19. The van der Waals surface area contributed by atoms with E-state index in [-0.39, 0.29) is 18.6 Å². The number of unbranched alkanes of at least 4 members (excludes halogenated alkanes) is 11. The Bertz CT molecular complexity index is 311. The maximum Gasteiger partial charge on any atom is 0.220 e. The minimum atomic E-state index is -0.0735. The summed E-state index contributed by atoms with van der Waals surface area (Å²) in [6.07, 6.45) is 22.6. The first-order valence-electron chi connectivity index (χ1n) is 10.8. The highest BCUT2D eigenvalue weighted by molar-refractivity contribution is 5.76. The van der Waals surface area contributed by atoms with E-state index < -0.39 is 0 Å². The van der Waals surface area contributed by atoms with Crippen LogP contribution in [-0.4, -0.2) is 23.7 Å². The van der Waals surface area contributed by atoms with Crippen molar-refractivity contribution in [2.45, 2.75) is 116 Å². The highest BCUT2D eigenvalue weighted by Gasteiger charge is 2.08. The van der Waals surface area contributed by atoms with E-state index in [0.29, 0.717) is 6.42 Å². The normalized spacial score (nSPS) is 12.6. The lowest BCUT2D eigenvalue weighted by Gasteiger charge is -2.13. The minimum Gasteiger partial charge on any atom is -0.394 e. The molecule has 0 fully saturated rings. The number of carbonyl (C=O) groups is 1. The molecule has 0 saturated heterocycles. The van der Waals surface area contributed by atoms with Gasteiger partial charge in [0, 0.05) is 6.42 Å². The molecular formula is C22H43NO2. The smallest absolute Gasteiger partial charge is 0.220 e. The van der Waals surface area contributed by atoms with Crippen LogP contribution in [0.5, 0.6) is 0 Å². The Kier molecular flexibility index (Phi) is 18.8. The van der Waals surface area contributed by atoms with Crippen LogP contribution in [0.3, 0.4) is 0 Å². The fourth-order valence-corrected chi connectivity index (χ4v) is 2.93. The van der Waals surface area contributed by atoms with Gasteiger partial charge in [0.25, 0.3) is 0 Å². The van der Waals surface area contributed by atoms with Crippen molar-refractivity contribution in [2.24, 2.45) is 0 Å². The number of aliphatic hydroxyl groups excluding tert-OH is 1. The first-order valence-corrected chi connectivity index (χ1v) is 10.8. The molecule has 0 aromatic carbocycles. The molecule has 0 aliphatic heterocycles. The van der Waals surface area contributed by atoms with E-state index in [0.717, 1.165) is 19.3 Å². The van der Waals surface area contributed by atoms with Crippen molar-refractivity contribution in [3.8, 4) is 0 Å². The highest BCUT2D eigenvalue weighted by atomic mass is 16.3. The zero-order valence-electron chi connectivity index (χ0n) is 16.9. The second kappa shape index (κ2) is 19.5. The minimum absolute atomic E-state index is 0.0363. The Morgan fingerprint density at radius 1 is 0.840 bits per heavy atom.